The highest BCUT2D eigenvalue weighted by molar-refractivity contribution is 5.88. The molecule has 0 spiro atoms. The van der Waals surface area contributed by atoms with Crippen LogP contribution in [-0.4, -0.2) is 39.8 Å². The molecule has 4 aromatic rings. The number of hydrogen-bond donors (Lipinski definition) is 4. The minimum atomic E-state index is -0.498. The maximum Gasteiger partial charge on any atom is 0.164 e. The van der Waals surface area contributed by atoms with Gasteiger partial charge in [0.15, 0.2) is 11.5 Å². The summed E-state index contributed by atoms with van der Waals surface area (Å²) in [7, 11) is 0. The van der Waals surface area contributed by atoms with Crippen LogP contribution in [0.3, 0.4) is 0 Å². The van der Waals surface area contributed by atoms with E-state index in [1.165, 1.54) is 11.1 Å². The summed E-state index contributed by atoms with van der Waals surface area (Å²) in [5.41, 5.74) is 14.1. The number of dihydropyridines is 1. The second kappa shape index (κ2) is 13.4. The smallest absolute Gasteiger partial charge is 0.164 e. The second-order valence-electron chi connectivity index (χ2n) is 14.3. The molecule has 5 N–H and O–H groups in total. The van der Waals surface area contributed by atoms with Gasteiger partial charge in [-0.05, 0) is 97.7 Å². The van der Waals surface area contributed by atoms with Crippen LogP contribution in [-0.2, 0) is 30.6 Å². The van der Waals surface area contributed by atoms with Crippen LogP contribution in [0.1, 0.15) is 66.8 Å². The zero-order chi connectivity index (χ0) is 33.5. The van der Waals surface area contributed by atoms with Crippen LogP contribution >= 0.6 is 0 Å². The van der Waals surface area contributed by atoms with Crippen molar-refractivity contribution >= 4 is 16.6 Å². The summed E-state index contributed by atoms with van der Waals surface area (Å²) < 4.78 is 15.4. The number of aliphatic hydroxyl groups excluding tert-OH is 1. The molecule has 1 unspecified atom stereocenters. The van der Waals surface area contributed by atoms with E-state index in [9.17, 15) is 10.2 Å². The standard InChI is InChI=1S/C42H45N3O4/c1-26-6-5-9-34-21-39(47)31-12-14-35-29(19-31)13-15-38(46)41(35)49-24-33-18-28(16-27-7-3-2-4-8-27)17-32-22-45(23-36(32)33)42-37(25-48-34)30(11-10-26)20-40(43)44-42/h2-4,7-8,13,15,17-18,20,22-23,26,31,34,39-40,44,46-47H,5-6,9,12,14,16,19,21,24-25,43H2,1H3/t26-,31+,34-,39-,40?/m0/s1. The van der Waals surface area contributed by atoms with E-state index in [1.807, 2.05) is 18.2 Å². The number of ether oxygens (including phenoxy) is 2. The van der Waals surface area contributed by atoms with Crippen molar-refractivity contribution in [3.8, 4) is 23.3 Å². The highest BCUT2D eigenvalue weighted by atomic mass is 16.5. The molecule has 5 atom stereocenters. The fourth-order valence-electron chi connectivity index (χ4n) is 8.10. The summed E-state index contributed by atoms with van der Waals surface area (Å²) >= 11 is 0. The molecule has 0 saturated carbocycles. The molecule has 8 bridgehead atoms. The Morgan fingerprint density at radius 2 is 1.88 bits per heavy atom. The minimum absolute atomic E-state index is 0.0965. The van der Waals surface area contributed by atoms with E-state index in [4.69, 9.17) is 15.2 Å². The van der Waals surface area contributed by atoms with Gasteiger partial charge >= 0.3 is 0 Å². The molecule has 0 radical (unpaired) electrons. The molecule has 0 fully saturated rings. The lowest BCUT2D eigenvalue weighted by molar-refractivity contribution is -0.00219. The van der Waals surface area contributed by atoms with Crippen molar-refractivity contribution in [1.82, 2.24) is 9.88 Å². The van der Waals surface area contributed by atoms with Crippen molar-refractivity contribution < 1.29 is 19.7 Å². The van der Waals surface area contributed by atoms with Crippen molar-refractivity contribution in [2.75, 3.05) is 6.61 Å². The predicted molar refractivity (Wildman–Crippen MR) is 193 cm³/mol. The number of hydrogen-bond acceptors (Lipinski definition) is 6. The van der Waals surface area contributed by atoms with Crippen LogP contribution in [0.25, 0.3) is 16.6 Å². The SMILES string of the molecule is C[C@@H]1C#CC2=CC(N)NC3=C2CO[C@@H](CCC1)C[C@H](O)[C@@H]1CCc2c(ccc(O)c2OCc2cc(Cc4ccccc4)cc4cn3cc24)C1. The normalized spacial score (nSPS) is 25.4. The summed E-state index contributed by atoms with van der Waals surface area (Å²) in [4.78, 5) is 0. The molecular weight excluding hydrogens is 610 g/mol. The van der Waals surface area contributed by atoms with Gasteiger partial charge in [-0.15, -0.1) is 0 Å². The largest absolute Gasteiger partial charge is 0.504 e. The molecule has 5 aliphatic rings. The molecule has 4 aliphatic heterocycles. The van der Waals surface area contributed by atoms with Gasteiger partial charge in [0.05, 0.1) is 25.0 Å². The van der Waals surface area contributed by atoms with Crippen LogP contribution in [0.5, 0.6) is 11.5 Å². The zero-order valence-electron chi connectivity index (χ0n) is 28.1. The first-order chi connectivity index (χ1) is 23.9. The van der Waals surface area contributed by atoms with Crippen LogP contribution in [0.15, 0.2) is 84.2 Å². The first kappa shape index (κ1) is 31.8. The first-order valence-electron chi connectivity index (χ1n) is 17.8. The van der Waals surface area contributed by atoms with E-state index in [2.05, 4.69) is 77.4 Å². The molecular formula is C42H45N3O4. The molecule has 0 saturated heterocycles. The molecule has 49 heavy (non-hydrogen) atoms. The Morgan fingerprint density at radius 1 is 1.00 bits per heavy atom. The van der Waals surface area contributed by atoms with E-state index in [-0.39, 0.29) is 23.7 Å². The number of benzene rings is 3. The summed E-state index contributed by atoms with van der Waals surface area (Å²) in [6, 6.07) is 18.7. The summed E-state index contributed by atoms with van der Waals surface area (Å²) in [5.74, 6) is 8.87. The van der Waals surface area contributed by atoms with Gasteiger partial charge in [-0.25, -0.2) is 0 Å². The van der Waals surface area contributed by atoms with E-state index in [0.717, 1.165) is 89.4 Å². The lowest BCUT2D eigenvalue weighted by atomic mass is 9.79. The number of nitrogens with two attached hydrogens (primary N) is 1. The number of aromatic nitrogens is 1. The first-order valence-corrected chi connectivity index (χ1v) is 17.8. The number of phenols is 1. The fourth-order valence-corrected chi connectivity index (χ4v) is 8.10. The molecule has 1 aromatic heterocycles. The van der Waals surface area contributed by atoms with Gasteiger partial charge < -0.3 is 35.3 Å². The number of nitrogens with zero attached hydrogens (tertiary/aromatic N) is 1. The number of rotatable bonds is 2. The highest BCUT2D eigenvalue weighted by Crippen LogP contribution is 2.41. The Labute approximate surface area is 288 Å². The average molecular weight is 656 g/mol. The van der Waals surface area contributed by atoms with Crippen LogP contribution in [0.4, 0.5) is 0 Å². The number of aliphatic hydroxyl groups is 1. The van der Waals surface area contributed by atoms with E-state index in [1.54, 1.807) is 6.07 Å². The van der Waals surface area contributed by atoms with Gasteiger partial charge in [0.1, 0.15) is 12.4 Å². The van der Waals surface area contributed by atoms with Crippen molar-refractivity contribution in [2.45, 2.75) is 83.3 Å². The predicted octanol–water partition coefficient (Wildman–Crippen LogP) is 6.58. The van der Waals surface area contributed by atoms with E-state index >= 15 is 0 Å². The maximum absolute atomic E-state index is 11.6. The molecule has 0 amide bonds. The molecule has 3 aromatic carbocycles. The Balaban J connectivity index is 1.29. The topological polar surface area (TPSA) is 102 Å². The number of fused-ring (bicyclic) bond motifs is 3. The summed E-state index contributed by atoms with van der Waals surface area (Å²) in [6.45, 7) is 2.85. The Bertz CT molecular complexity index is 2000. The maximum atomic E-state index is 11.6. The number of aromatic hydroxyl groups is 1. The third kappa shape index (κ3) is 6.61. The monoisotopic (exact) mass is 655 g/mol. The lowest BCUT2D eigenvalue weighted by Gasteiger charge is -2.32. The highest BCUT2D eigenvalue weighted by Gasteiger charge is 2.31. The third-order valence-electron chi connectivity index (χ3n) is 10.8. The van der Waals surface area contributed by atoms with Gasteiger partial charge in [0, 0.05) is 45.8 Å². The van der Waals surface area contributed by atoms with E-state index in [0.29, 0.717) is 25.4 Å². The number of nitrogens with one attached hydrogen (secondary N) is 1. The van der Waals surface area contributed by atoms with Gasteiger partial charge in [0.2, 0.25) is 0 Å². The van der Waals surface area contributed by atoms with Crippen molar-refractivity contribution in [1.29, 1.82) is 0 Å². The molecule has 7 heteroatoms. The van der Waals surface area contributed by atoms with Gasteiger partial charge in [0.25, 0.3) is 0 Å². The quantitative estimate of drug-likeness (QED) is 0.182. The molecule has 9 rings (SSSR count). The van der Waals surface area contributed by atoms with Gasteiger partial charge in [-0.1, -0.05) is 61.2 Å². The van der Waals surface area contributed by atoms with E-state index < -0.39 is 12.3 Å². The molecule has 1 aliphatic carbocycles. The molecule has 7 nitrogen and oxygen atoms in total. The summed E-state index contributed by atoms with van der Waals surface area (Å²) in [6.07, 6.45) is 11.8. The zero-order valence-corrected chi connectivity index (χ0v) is 28.1. The van der Waals surface area contributed by atoms with Crippen LogP contribution in [0.2, 0.25) is 0 Å². The third-order valence-corrected chi connectivity index (χ3v) is 10.8. The number of phenolic OH excluding ortho intramolecular Hbond substituents is 1. The van der Waals surface area contributed by atoms with Crippen molar-refractivity contribution in [2.24, 2.45) is 17.6 Å². The Hall–Kier alpha value is -4.48. The lowest BCUT2D eigenvalue weighted by Crippen LogP contribution is -2.40. The Kier molecular flexibility index (Phi) is 8.71. The van der Waals surface area contributed by atoms with Crippen LogP contribution < -0.4 is 15.8 Å². The molecule has 252 valence electrons. The molecule has 5 heterocycles. The fraction of sp³-hybridized carbons (Fsp3) is 0.381. The average Bonchev–Trinajstić information content (AvgIpc) is 3.52. The minimum Gasteiger partial charge on any atom is -0.504 e. The van der Waals surface area contributed by atoms with Crippen molar-refractivity contribution in [3.05, 3.63) is 112 Å². The van der Waals surface area contributed by atoms with Gasteiger partial charge in [-0.3, -0.25) is 0 Å². The second-order valence-corrected chi connectivity index (χ2v) is 14.3. The Morgan fingerprint density at radius 3 is 2.76 bits per heavy atom. The van der Waals surface area contributed by atoms with Crippen molar-refractivity contribution in [3.63, 3.8) is 0 Å². The summed E-state index contributed by atoms with van der Waals surface area (Å²) in [5, 5.41) is 28.4. The van der Waals surface area contributed by atoms with Crippen LogP contribution in [0, 0.1) is 23.7 Å². The van der Waals surface area contributed by atoms with Gasteiger partial charge in [-0.2, -0.15) is 0 Å².